The van der Waals surface area contributed by atoms with Gasteiger partial charge < -0.3 is 20.7 Å². The van der Waals surface area contributed by atoms with Gasteiger partial charge in [-0.15, -0.1) is 0 Å². The lowest BCUT2D eigenvalue weighted by molar-refractivity contribution is -0.137. The van der Waals surface area contributed by atoms with Gasteiger partial charge in [0.05, 0.1) is 24.7 Å². The number of benzene rings is 3. The molecule has 0 saturated heterocycles. The highest BCUT2D eigenvalue weighted by atomic mass is 32.2. The molecule has 43 heavy (non-hydrogen) atoms. The fourth-order valence-electron chi connectivity index (χ4n) is 4.27. The lowest BCUT2D eigenvalue weighted by atomic mass is 10.1. The van der Waals surface area contributed by atoms with Crippen LogP contribution in [0.5, 0.6) is 5.75 Å². The Balaban J connectivity index is 1.54. The van der Waals surface area contributed by atoms with Crippen molar-refractivity contribution >= 4 is 33.2 Å². The minimum atomic E-state index is -4.73. The summed E-state index contributed by atoms with van der Waals surface area (Å²) in [6.45, 7) is 2.94. The molecule has 0 aliphatic rings. The molecule has 0 aliphatic heterocycles. The zero-order valence-corrected chi connectivity index (χ0v) is 25.0. The van der Waals surface area contributed by atoms with E-state index in [2.05, 4.69) is 25.9 Å². The average Bonchev–Trinajstić information content (AvgIpc) is 2.96. The Bertz CT molecular complexity index is 1670. The van der Waals surface area contributed by atoms with E-state index in [9.17, 15) is 21.6 Å². The molecule has 0 amide bonds. The molecule has 1 heterocycles. The molecule has 4 rings (SSSR count). The van der Waals surface area contributed by atoms with Crippen LogP contribution >= 0.6 is 0 Å². The smallest absolute Gasteiger partial charge is 0.421 e. The number of aromatic nitrogens is 2. The highest BCUT2D eigenvalue weighted by Crippen LogP contribution is 2.35. The summed E-state index contributed by atoms with van der Waals surface area (Å²) < 4.78 is 72.5. The number of hydrogen-bond acceptors (Lipinski definition) is 8. The van der Waals surface area contributed by atoms with Crippen molar-refractivity contribution in [2.45, 2.75) is 32.7 Å². The number of nitrogens with one attached hydrogen (secondary N) is 3. The predicted molar refractivity (Wildman–Crippen MR) is 162 cm³/mol. The summed E-state index contributed by atoms with van der Waals surface area (Å²) in [7, 11) is -0.721. The van der Waals surface area contributed by atoms with Crippen molar-refractivity contribution < 1.29 is 26.3 Å². The van der Waals surface area contributed by atoms with Gasteiger partial charge in [0, 0.05) is 32.9 Å². The Morgan fingerprint density at radius 3 is 2.35 bits per heavy atom. The van der Waals surface area contributed by atoms with Gasteiger partial charge in [0.2, 0.25) is 16.0 Å². The number of sulfonamides is 1. The SMILES string of the molecule is COc1cc(CNCc2ccccc2)ccc1Nc1ncc(C(F)(F)F)c(NCc2ccc(C)cc2N(C)S(C)(=O)=O)n1. The maximum absolute atomic E-state index is 13.9. The Morgan fingerprint density at radius 1 is 0.953 bits per heavy atom. The number of rotatable bonds is 12. The molecule has 4 aromatic rings. The summed E-state index contributed by atoms with van der Waals surface area (Å²) in [5, 5.41) is 9.04. The van der Waals surface area contributed by atoms with E-state index in [4.69, 9.17) is 4.74 Å². The molecule has 3 N–H and O–H groups in total. The van der Waals surface area contributed by atoms with Crippen LogP contribution in [0.2, 0.25) is 0 Å². The van der Waals surface area contributed by atoms with E-state index in [1.807, 2.05) is 42.5 Å². The summed E-state index contributed by atoms with van der Waals surface area (Å²) in [5.41, 5.74) is 3.12. The van der Waals surface area contributed by atoms with Gasteiger partial charge in [0.15, 0.2) is 0 Å². The molecule has 3 aromatic carbocycles. The first-order chi connectivity index (χ1) is 20.3. The Labute approximate surface area is 249 Å². The zero-order chi connectivity index (χ0) is 31.2. The summed E-state index contributed by atoms with van der Waals surface area (Å²) in [6.07, 6.45) is -2.98. The number of ether oxygens (including phenoxy) is 1. The molecule has 0 unspecified atom stereocenters. The van der Waals surface area contributed by atoms with E-state index in [1.165, 1.54) is 14.2 Å². The van der Waals surface area contributed by atoms with Crippen molar-refractivity contribution in [2.24, 2.45) is 0 Å². The zero-order valence-electron chi connectivity index (χ0n) is 24.2. The van der Waals surface area contributed by atoms with Crippen molar-refractivity contribution in [3.8, 4) is 5.75 Å². The van der Waals surface area contributed by atoms with Gasteiger partial charge in [-0.3, -0.25) is 4.31 Å². The second-order valence-electron chi connectivity index (χ2n) is 9.92. The number of aryl methyl sites for hydroxylation is 1. The van der Waals surface area contributed by atoms with Crippen LogP contribution < -0.4 is 25.0 Å². The van der Waals surface area contributed by atoms with E-state index >= 15 is 0 Å². The maximum Gasteiger partial charge on any atom is 0.421 e. The molecule has 1 aromatic heterocycles. The van der Waals surface area contributed by atoms with E-state index in [1.54, 1.807) is 31.2 Å². The molecule has 13 heteroatoms. The second-order valence-corrected chi connectivity index (χ2v) is 11.9. The number of alkyl halides is 3. The fraction of sp³-hybridized carbons (Fsp3) is 0.267. The molecule has 0 fully saturated rings. The van der Waals surface area contributed by atoms with Crippen LogP contribution in [0.15, 0.2) is 72.9 Å². The molecule has 0 spiro atoms. The van der Waals surface area contributed by atoms with Gasteiger partial charge in [0.1, 0.15) is 17.1 Å². The number of anilines is 4. The monoisotopic (exact) mass is 614 g/mol. The fourth-order valence-corrected chi connectivity index (χ4v) is 4.80. The number of methoxy groups -OCH3 is 1. The minimum Gasteiger partial charge on any atom is -0.495 e. The third-order valence-electron chi connectivity index (χ3n) is 6.63. The average molecular weight is 615 g/mol. The highest BCUT2D eigenvalue weighted by molar-refractivity contribution is 7.92. The van der Waals surface area contributed by atoms with E-state index in [0.29, 0.717) is 42.0 Å². The first-order valence-corrected chi connectivity index (χ1v) is 15.1. The Morgan fingerprint density at radius 2 is 1.67 bits per heavy atom. The third kappa shape index (κ3) is 8.36. The molecule has 0 saturated carbocycles. The Hall–Kier alpha value is -4.36. The summed E-state index contributed by atoms with van der Waals surface area (Å²) >= 11 is 0. The van der Waals surface area contributed by atoms with E-state index in [-0.39, 0.29) is 12.5 Å². The lowest BCUT2D eigenvalue weighted by Crippen LogP contribution is -2.26. The van der Waals surface area contributed by atoms with Crippen molar-refractivity contribution in [1.82, 2.24) is 15.3 Å². The first kappa shape index (κ1) is 31.6. The summed E-state index contributed by atoms with van der Waals surface area (Å²) in [4.78, 5) is 8.01. The van der Waals surface area contributed by atoms with Crippen LogP contribution in [0.3, 0.4) is 0 Å². The Kier molecular flexibility index (Phi) is 9.77. The van der Waals surface area contributed by atoms with Gasteiger partial charge >= 0.3 is 6.18 Å². The van der Waals surface area contributed by atoms with E-state index in [0.717, 1.165) is 27.3 Å². The van der Waals surface area contributed by atoms with Crippen LogP contribution in [-0.2, 0) is 35.8 Å². The van der Waals surface area contributed by atoms with Crippen molar-refractivity contribution in [1.29, 1.82) is 0 Å². The molecule has 0 radical (unpaired) electrons. The topological polar surface area (TPSA) is 108 Å². The molecule has 0 aliphatic carbocycles. The molecule has 228 valence electrons. The van der Waals surface area contributed by atoms with Crippen LogP contribution in [-0.4, -0.2) is 38.8 Å². The normalized spacial score (nSPS) is 11.7. The van der Waals surface area contributed by atoms with Gasteiger partial charge in [-0.2, -0.15) is 18.2 Å². The third-order valence-corrected chi connectivity index (χ3v) is 7.82. The van der Waals surface area contributed by atoms with Gasteiger partial charge in [0.25, 0.3) is 0 Å². The largest absolute Gasteiger partial charge is 0.495 e. The van der Waals surface area contributed by atoms with Crippen molar-refractivity contribution in [3.05, 3.63) is 101 Å². The van der Waals surface area contributed by atoms with Gasteiger partial charge in [-0.25, -0.2) is 13.4 Å². The standard InChI is InChI=1S/C30H33F3N6O3S/c1-20-10-12-23(26(14-20)39(2)43(4,40)41)18-35-28-24(30(31,32)33)19-36-29(38-28)37-25-13-11-22(15-27(25)42-3)17-34-16-21-8-6-5-7-9-21/h5-15,19,34H,16-18H2,1-4H3,(H2,35,36,37,38). The van der Waals surface area contributed by atoms with Crippen molar-refractivity contribution in [3.63, 3.8) is 0 Å². The van der Waals surface area contributed by atoms with Gasteiger partial charge in [-0.1, -0.05) is 48.5 Å². The first-order valence-electron chi connectivity index (χ1n) is 13.3. The van der Waals surface area contributed by atoms with Crippen LogP contribution in [0.1, 0.15) is 27.8 Å². The maximum atomic E-state index is 13.9. The summed E-state index contributed by atoms with van der Waals surface area (Å²) in [5.74, 6) is -0.0782. The van der Waals surface area contributed by atoms with Crippen LogP contribution in [0, 0.1) is 6.92 Å². The second kappa shape index (κ2) is 13.3. The predicted octanol–water partition coefficient (Wildman–Crippen LogP) is 5.85. The van der Waals surface area contributed by atoms with Crippen molar-refractivity contribution in [2.75, 3.05) is 35.4 Å². The highest BCUT2D eigenvalue weighted by Gasteiger charge is 2.35. The van der Waals surface area contributed by atoms with E-state index < -0.39 is 27.6 Å². The number of nitrogens with zero attached hydrogens (tertiary/aromatic N) is 3. The molecule has 0 atom stereocenters. The van der Waals surface area contributed by atoms with Crippen LogP contribution in [0.4, 0.5) is 36.3 Å². The number of hydrogen-bond donors (Lipinski definition) is 3. The van der Waals surface area contributed by atoms with Gasteiger partial charge in [-0.05, 0) is 47.4 Å². The molecule has 9 nitrogen and oxygen atoms in total. The lowest BCUT2D eigenvalue weighted by Gasteiger charge is -2.22. The molecular formula is C30H33F3N6O3S. The summed E-state index contributed by atoms with van der Waals surface area (Å²) in [6, 6.07) is 20.5. The molecule has 0 bridgehead atoms. The quantitative estimate of drug-likeness (QED) is 0.182. The molecular weight excluding hydrogens is 581 g/mol. The number of halogens is 3. The van der Waals surface area contributed by atoms with Crippen LogP contribution in [0.25, 0.3) is 0 Å². The minimum absolute atomic E-state index is 0.0823.